The van der Waals surface area contributed by atoms with E-state index in [2.05, 4.69) is 25.7 Å². The van der Waals surface area contributed by atoms with Gasteiger partial charge < -0.3 is 10.6 Å². The zero-order valence-electron chi connectivity index (χ0n) is 17.3. The lowest BCUT2D eigenvalue weighted by molar-refractivity contribution is -0.385. The van der Waals surface area contributed by atoms with E-state index in [-0.39, 0.29) is 28.9 Å². The quantitative estimate of drug-likeness (QED) is 0.212. The van der Waals surface area contributed by atoms with E-state index in [0.29, 0.717) is 23.2 Å². The minimum absolute atomic E-state index is 0.0878. The number of benzene rings is 1. The van der Waals surface area contributed by atoms with Crippen LogP contribution in [0, 0.1) is 10.1 Å². The van der Waals surface area contributed by atoms with Crippen molar-refractivity contribution < 1.29 is 9.72 Å². The summed E-state index contributed by atoms with van der Waals surface area (Å²) in [6.07, 6.45) is 1.68. The Morgan fingerprint density at radius 2 is 2.13 bits per heavy atom. The number of hydrogen-bond donors (Lipinski definition) is 2. The van der Waals surface area contributed by atoms with E-state index in [1.807, 2.05) is 20.8 Å². The molecule has 0 unspecified atom stereocenters. The number of nitrogens with one attached hydrogen (secondary N) is 2. The number of rotatable bonds is 9. The molecular weight excluding hydrogens is 442 g/mol. The molecule has 0 saturated carbocycles. The number of thioether (sulfide) groups is 1. The lowest BCUT2D eigenvalue weighted by Crippen LogP contribution is -2.28. The predicted molar refractivity (Wildman–Crippen MR) is 121 cm³/mol. The van der Waals surface area contributed by atoms with Crippen molar-refractivity contribution in [2.45, 2.75) is 38.5 Å². The number of carbonyl (C=O) groups excluding carboxylic acids is 1. The molecule has 1 aromatic carbocycles. The van der Waals surface area contributed by atoms with Gasteiger partial charge in [-0.1, -0.05) is 30.3 Å². The van der Waals surface area contributed by atoms with Crippen LogP contribution in [0.3, 0.4) is 0 Å². The highest BCUT2D eigenvalue weighted by atomic mass is 35.5. The third-order valence-electron chi connectivity index (χ3n) is 4.18. The fraction of sp³-hybridized carbons (Fsp3) is 0.368. The third kappa shape index (κ3) is 5.42. The molecule has 0 radical (unpaired) electrons. The Bertz CT molecular complexity index is 1120. The van der Waals surface area contributed by atoms with Crippen molar-refractivity contribution in [3.63, 3.8) is 0 Å². The average Bonchev–Trinajstić information content (AvgIpc) is 3.10. The summed E-state index contributed by atoms with van der Waals surface area (Å²) >= 11 is 7.42. The summed E-state index contributed by atoms with van der Waals surface area (Å²) in [6.45, 7) is 6.60. The highest BCUT2D eigenvalue weighted by Crippen LogP contribution is 2.25. The van der Waals surface area contributed by atoms with Gasteiger partial charge in [-0.15, -0.1) is 0 Å². The predicted octanol–water partition coefficient (Wildman–Crippen LogP) is 3.75. The third-order valence-corrected chi connectivity index (χ3v) is 5.15. The van der Waals surface area contributed by atoms with Crippen LogP contribution in [-0.2, 0) is 6.54 Å². The summed E-state index contributed by atoms with van der Waals surface area (Å²) in [5.74, 6) is 0.959. The zero-order valence-corrected chi connectivity index (χ0v) is 18.8. The number of aromatic nitrogens is 4. The molecule has 0 aliphatic heterocycles. The topological polar surface area (TPSA) is 128 Å². The Morgan fingerprint density at radius 3 is 2.81 bits per heavy atom. The number of amides is 1. The van der Waals surface area contributed by atoms with E-state index >= 15 is 0 Å². The number of nitro benzene ring substituents is 1. The smallest absolute Gasteiger partial charge is 0.282 e. The molecule has 3 aromatic rings. The van der Waals surface area contributed by atoms with E-state index in [4.69, 9.17) is 11.6 Å². The molecule has 10 nitrogen and oxygen atoms in total. The van der Waals surface area contributed by atoms with Gasteiger partial charge in [0.2, 0.25) is 0 Å². The Kier molecular flexibility index (Phi) is 7.29. The van der Waals surface area contributed by atoms with Crippen LogP contribution in [0.15, 0.2) is 29.6 Å². The standard InChI is InChI=1S/C19H22ClN7O3S/c1-4-31-19-24-16(23-11(2)3)14-10-22-26(17(14)25-19)8-7-21-18(28)13-9-12(20)5-6-15(13)27(29)30/h5-6,9-11H,4,7-8H2,1-3H3,(H,21,28)(H,23,24,25). The van der Waals surface area contributed by atoms with E-state index < -0.39 is 10.8 Å². The monoisotopic (exact) mass is 463 g/mol. The van der Waals surface area contributed by atoms with Crippen molar-refractivity contribution in [2.75, 3.05) is 17.6 Å². The van der Waals surface area contributed by atoms with Crippen molar-refractivity contribution in [2.24, 2.45) is 0 Å². The van der Waals surface area contributed by atoms with Crippen LogP contribution in [0.4, 0.5) is 11.5 Å². The Labute approximate surface area is 187 Å². The molecule has 0 aliphatic rings. The normalized spacial score (nSPS) is 11.1. The molecule has 0 saturated heterocycles. The number of hydrogen-bond acceptors (Lipinski definition) is 8. The summed E-state index contributed by atoms with van der Waals surface area (Å²) in [4.78, 5) is 32.2. The highest BCUT2D eigenvalue weighted by Gasteiger charge is 2.20. The molecule has 0 spiro atoms. The minimum atomic E-state index is -0.612. The maximum absolute atomic E-state index is 12.5. The van der Waals surface area contributed by atoms with Crippen LogP contribution in [0.2, 0.25) is 5.02 Å². The molecule has 2 N–H and O–H groups in total. The highest BCUT2D eigenvalue weighted by molar-refractivity contribution is 7.99. The van der Waals surface area contributed by atoms with Gasteiger partial charge in [0.05, 0.1) is 23.1 Å². The number of nitro groups is 1. The summed E-state index contributed by atoms with van der Waals surface area (Å²) in [7, 11) is 0. The summed E-state index contributed by atoms with van der Waals surface area (Å²) in [5.41, 5.74) is 0.261. The number of carbonyl (C=O) groups is 1. The minimum Gasteiger partial charge on any atom is -0.367 e. The Hall–Kier alpha value is -2.92. The Morgan fingerprint density at radius 1 is 1.35 bits per heavy atom. The maximum Gasteiger partial charge on any atom is 0.282 e. The van der Waals surface area contributed by atoms with Gasteiger partial charge in [0.1, 0.15) is 11.4 Å². The molecule has 2 heterocycles. The van der Waals surface area contributed by atoms with Crippen molar-refractivity contribution in [3.8, 4) is 0 Å². The average molecular weight is 464 g/mol. The van der Waals surface area contributed by atoms with Gasteiger partial charge in [-0.05, 0) is 31.7 Å². The first-order valence-corrected chi connectivity index (χ1v) is 11.0. The second-order valence-corrected chi connectivity index (χ2v) is 8.53. The molecule has 0 atom stereocenters. The van der Waals surface area contributed by atoms with Crippen molar-refractivity contribution in [1.29, 1.82) is 0 Å². The van der Waals surface area contributed by atoms with Crippen LogP contribution >= 0.6 is 23.4 Å². The number of anilines is 1. The van der Waals surface area contributed by atoms with Crippen LogP contribution < -0.4 is 10.6 Å². The van der Waals surface area contributed by atoms with E-state index in [1.54, 1.807) is 10.9 Å². The first-order chi connectivity index (χ1) is 14.8. The fourth-order valence-electron chi connectivity index (χ4n) is 2.90. The second-order valence-electron chi connectivity index (χ2n) is 6.87. The van der Waals surface area contributed by atoms with Crippen LogP contribution in [0.1, 0.15) is 31.1 Å². The lowest BCUT2D eigenvalue weighted by Gasteiger charge is -2.12. The maximum atomic E-state index is 12.5. The van der Waals surface area contributed by atoms with Gasteiger partial charge in [-0.2, -0.15) is 5.10 Å². The molecule has 0 bridgehead atoms. The van der Waals surface area contributed by atoms with Gasteiger partial charge in [0.15, 0.2) is 10.8 Å². The summed E-state index contributed by atoms with van der Waals surface area (Å²) in [6, 6.07) is 4.06. The first kappa shape index (κ1) is 22.8. The second kappa shape index (κ2) is 9.92. The van der Waals surface area contributed by atoms with Gasteiger partial charge in [-0.3, -0.25) is 14.9 Å². The van der Waals surface area contributed by atoms with Crippen LogP contribution in [0.5, 0.6) is 0 Å². The van der Waals surface area contributed by atoms with Crippen LogP contribution in [-0.4, -0.2) is 48.9 Å². The molecule has 2 aromatic heterocycles. The molecule has 0 aliphatic carbocycles. The first-order valence-electron chi connectivity index (χ1n) is 9.65. The fourth-order valence-corrected chi connectivity index (χ4v) is 3.63. The molecule has 31 heavy (non-hydrogen) atoms. The lowest BCUT2D eigenvalue weighted by atomic mass is 10.1. The summed E-state index contributed by atoms with van der Waals surface area (Å²) in [5, 5.41) is 23.2. The SMILES string of the molecule is CCSc1nc(NC(C)C)c2cnn(CCNC(=O)c3cc(Cl)ccc3[N+](=O)[O-])c2n1. The van der Waals surface area contributed by atoms with Crippen molar-refractivity contribution in [1.82, 2.24) is 25.1 Å². The van der Waals surface area contributed by atoms with Crippen molar-refractivity contribution in [3.05, 3.63) is 45.1 Å². The van der Waals surface area contributed by atoms with Gasteiger partial charge in [0.25, 0.3) is 11.6 Å². The van der Waals surface area contributed by atoms with Gasteiger partial charge in [0, 0.05) is 23.7 Å². The van der Waals surface area contributed by atoms with Crippen molar-refractivity contribution >= 4 is 51.8 Å². The molecule has 3 rings (SSSR count). The number of nitrogens with zero attached hydrogens (tertiary/aromatic N) is 5. The molecule has 0 fully saturated rings. The zero-order chi connectivity index (χ0) is 22.5. The van der Waals surface area contributed by atoms with E-state index in [0.717, 1.165) is 11.1 Å². The van der Waals surface area contributed by atoms with Gasteiger partial charge in [-0.25, -0.2) is 14.6 Å². The molecule has 1 amide bonds. The number of halogens is 1. The molecule has 164 valence electrons. The number of fused-ring (bicyclic) bond motifs is 1. The molecule has 12 heteroatoms. The van der Waals surface area contributed by atoms with Crippen LogP contribution in [0.25, 0.3) is 11.0 Å². The van der Waals surface area contributed by atoms with E-state index in [1.165, 1.54) is 30.0 Å². The summed E-state index contributed by atoms with van der Waals surface area (Å²) < 4.78 is 1.68. The van der Waals surface area contributed by atoms with Gasteiger partial charge >= 0.3 is 0 Å². The Balaban J connectivity index is 1.79. The van der Waals surface area contributed by atoms with E-state index in [9.17, 15) is 14.9 Å². The largest absolute Gasteiger partial charge is 0.367 e. The molecular formula is C19H22ClN7O3S.